The molecule has 1 heterocycles. The SMILES string of the molecule is COc1c(Cl)cc(/C=N/NC(=O)c2ccc(-n3c(C)ccc3-c3ccccc3)cc2)cc1Br. The van der Waals surface area contributed by atoms with Crippen molar-refractivity contribution in [1.82, 2.24) is 9.99 Å². The number of halogens is 2. The summed E-state index contributed by atoms with van der Waals surface area (Å²) in [5.74, 6) is 0.246. The highest BCUT2D eigenvalue weighted by molar-refractivity contribution is 9.10. The number of benzene rings is 3. The fraction of sp³-hybridized carbons (Fsp3) is 0.0769. The maximum Gasteiger partial charge on any atom is 0.271 e. The minimum Gasteiger partial charge on any atom is -0.494 e. The van der Waals surface area contributed by atoms with E-state index in [2.05, 4.69) is 62.2 Å². The second-order valence-electron chi connectivity index (χ2n) is 7.33. The average Bonchev–Trinajstić information content (AvgIpc) is 3.21. The van der Waals surface area contributed by atoms with Crippen LogP contribution < -0.4 is 10.2 Å². The molecule has 4 aromatic rings. The molecule has 166 valence electrons. The molecule has 0 aliphatic rings. The number of nitrogens with zero attached hydrogens (tertiary/aromatic N) is 2. The van der Waals surface area contributed by atoms with Crippen LogP contribution in [-0.4, -0.2) is 23.8 Å². The molecule has 1 aromatic heterocycles. The van der Waals surface area contributed by atoms with Crippen LogP contribution in [0.15, 0.2) is 88.4 Å². The second kappa shape index (κ2) is 10.1. The molecule has 0 radical (unpaired) electrons. The van der Waals surface area contributed by atoms with Gasteiger partial charge in [-0.05, 0) is 82.5 Å². The van der Waals surface area contributed by atoms with Crippen LogP contribution in [0.5, 0.6) is 5.75 Å². The Kier molecular flexibility index (Phi) is 6.96. The molecule has 0 atom stereocenters. The van der Waals surface area contributed by atoms with Gasteiger partial charge in [0.15, 0.2) is 5.75 Å². The van der Waals surface area contributed by atoms with Gasteiger partial charge in [0.2, 0.25) is 0 Å². The number of amides is 1. The molecule has 0 aliphatic carbocycles. The molecule has 7 heteroatoms. The van der Waals surface area contributed by atoms with Gasteiger partial charge in [-0.25, -0.2) is 5.43 Å². The third-order valence-corrected chi connectivity index (χ3v) is 6.01. The van der Waals surface area contributed by atoms with E-state index in [1.54, 1.807) is 31.4 Å². The van der Waals surface area contributed by atoms with E-state index < -0.39 is 0 Å². The van der Waals surface area contributed by atoms with Crippen LogP contribution in [-0.2, 0) is 0 Å². The number of ether oxygens (including phenoxy) is 1. The van der Waals surface area contributed by atoms with Crippen molar-refractivity contribution in [3.63, 3.8) is 0 Å². The summed E-state index contributed by atoms with van der Waals surface area (Å²) in [6.45, 7) is 2.06. The summed E-state index contributed by atoms with van der Waals surface area (Å²) < 4.78 is 8.08. The van der Waals surface area contributed by atoms with Gasteiger partial charge >= 0.3 is 0 Å². The van der Waals surface area contributed by atoms with E-state index in [1.165, 1.54) is 6.21 Å². The van der Waals surface area contributed by atoms with Crippen molar-refractivity contribution in [3.8, 4) is 22.7 Å². The first-order valence-corrected chi connectivity index (χ1v) is 11.4. The van der Waals surface area contributed by atoms with Gasteiger partial charge < -0.3 is 9.30 Å². The number of hydrogen-bond donors (Lipinski definition) is 1. The van der Waals surface area contributed by atoms with Gasteiger partial charge in [0.05, 0.1) is 28.5 Å². The molecule has 1 amide bonds. The first-order chi connectivity index (χ1) is 16.0. The molecular weight excluding hydrogens is 502 g/mol. The number of aryl methyl sites for hydroxylation is 1. The van der Waals surface area contributed by atoms with E-state index in [1.807, 2.05) is 30.3 Å². The summed E-state index contributed by atoms with van der Waals surface area (Å²) in [6, 6.07) is 25.3. The molecule has 5 nitrogen and oxygen atoms in total. The quantitative estimate of drug-likeness (QED) is 0.228. The molecule has 33 heavy (non-hydrogen) atoms. The maximum atomic E-state index is 12.5. The van der Waals surface area contributed by atoms with E-state index in [0.717, 1.165) is 28.2 Å². The largest absolute Gasteiger partial charge is 0.494 e. The van der Waals surface area contributed by atoms with Gasteiger partial charge in [0.25, 0.3) is 5.91 Å². The summed E-state index contributed by atoms with van der Waals surface area (Å²) in [5, 5.41) is 4.50. The summed E-state index contributed by atoms with van der Waals surface area (Å²) in [4.78, 5) is 12.5. The van der Waals surface area contributed by atoms with Crippen molar-refractivity contribution in [2.45, 2.75) is 6.92 Å². The first-order valence-electron chi connectivity index (χ1n) is 10.2. The summed E-state index contributed by atoms with van der Waals surface area (Å²) in [5.41, 5.74) is 8.10. The standard InChI is InChI=1S/C26H21BrClN3O2/c1-17-8-13-24(19-6-4-3-5-7-19)31(17)21-11-9-20(10-12-21)26(32)30-29-16-18-14-22(27)25(33-2)23(28)15-18/h3-16H,1-2H3,(H,30,32)/b29-16+. The number of nitrogens with one attached hydrogen (secondary N) is 1. The Morgan fingerprint density at radius 1 is 1.06 bits per heavy atom. The van der Waals surface area contributed by atoms with Crippen molar-refractivity contribution >= 4 is 39.7 Å². The van der Waals surface area contributed by atoms with Crippen LogP contribution in [0.4, 0.5) is 0 Å². The molecule has 3 aromatic carbocycles. The van der Waals surface area contributed by atoms with Crippen molar-refractivity contribution in [2.75, 3.05) is 7.11 Å². The number of carbonyl (C=O) groups excluding carboxylic acids is 1. The van der Waals surface area contributed by atoms with Crippen LogP contribution in [0.2, 0.25) is 5.02 Å². The Bertz CT molecular complexity index is 1290. The molecule has 4 rings (SSSR count). The van der Waals surface area contributed by atoms with Crippen LogP contribution in [0.1, 0.15) is 21.6 Å². The molecule has 0 saturated heterocycles. The Morgan fingerprint density at radius 2 is 1.79 bits per heavy atom. The van der Waals surface area contributed by atoms with Crippen LogP contribution in [0.25, 0.3) is 16.9 Å². The molecule has 0 fully saturated rings. The molecule has 0 bridgehead atoms. The molecule has 1 N–H and O–H groups in total. The Morgan fingerprint density at radius 3 is 2.45 bits per heavy atom. The van der Waals surface area contributed by atoms with E-state index in [4.69, 9.17) is 16.3 Å². The van der Waals surface area contributed by atoms with E-state index in [0.29, 0.717) is 20.8 Å². The normalized spacial score (nSPS) is 11.0. The summed E-state index contributed by atoms with van der Waals surface area (Å²) in [7, 11) is 1.55. The Balaban J connectivity index is 1.49. The molecular formula is C26H21BrClN3O2. The number of methoxy groups -OCH3 is 1. The van der Waals surface area contributed by atoms with Gasteiger partial charge in [-0.3, -0.25) is 4.79 Å². The third-order valence-electron chi connectivity index (χ3n) is 5.14. The topological polar surface area (TPSA) is 55.6 Å². The molecule has 0 spiro atoms. The van der Waals surface area contributed by atoms with Gasteiger partial charge in [-0.2, -0.15) is 5.10 Å². The fourth-order valence-corrected chi connectivity index (χ4v) is 4.62. The lowest BCUT2D eigenvalue weighted by Gasteiger charge is -2.12. The van der Waals surface area contributed by atoms with Gasteiger partial charge in [-0.1, -0.05) is 41.9 Å². The predicted molar refractivity (Wildman–Crippen MR) is 137 cm³/mol. The van der Waals surface area contributed by atoms with Gasteiger partial charge in [0, 0.05) is 16.9 Å². The minimum absolute atomic E-state index is 0.302. The van der Waals surface area contributed by atoms with Gasteiger partial charge in [0.1, 0.15) is 0 Å². The monoisotopic (exact) mass is 521 g/mol. The zero-order valence-electron chi connectivity index (χ0n) is 18.0. The summed E-state index contributed by atoms with van der Waals surface area (Å²) >= 11 is 9.59. The lowest BCUT2D eigenvalue weighted by atomic mass is 10.1. The lowest BCUT2D eigenvalue weighted by Crippen LogP contribution is -2.17. The summed E-state index contributed by atoms with van der Waals surface area (Å²) in [6.07, 6.45) is 1.53. The molecule has 0 saturated carbocycles. The van der Waals surface area contributed by atoms with Gasteiger partial charge in [-0.15, -0.1) is 0 Å². The number of aromatic nitrogens is 1. The Hall–Kier alpha value is -3.35. The maximum absolute atomic E-state index is 12.5. The number of hydrazone groups is 1. The number of carbonyl (C=O) groups is 1. The highest BCUT2D eigenvalue weighted by atomic mass is 79.9. The highest BCUT2D eigenvalue weighted by Gasteiger charge is 2.11. The number of rotatable bonds is 6. The Labute approximate surface area is 205 Å². The lowest BCUT2D eigenvalue weighted by molar-refractivity contribution is 0.0955. The highest BCUT2D eigenvalue weighted by Crippen LogP contribution is 2.33. The zero-order chi connectivity index (χ0) is 23.4. The second-order valence-corrected chi connectivity index (χ2v) is 8.59. The van der Waals surface area contributed by atoms with Crippen molar-refractivity contribution in [2.24, 2.45) is 5.10 Å². The third kappa shape index (κ3) is 5.02. The van der Waals surface area contributed by atoms with Crippen LogP contribution in [0, 0.1) is 6.92 Å². The van der Waals surface area contributed by atoms with Crippen molar-refractivity contribution < 1.29 is 9.53 Å². The van der Waals surface area contributed by atoms with Crippen LogP contribution >= 0.6 is 27.5 Å². The minimum atomic E-state index is -0.302. The number of hydrogen-bond acceptors (Lipinski definition) is 3. The molecule has 0 unspecified atom stereocenters. The van der Waals surface area contributed by atoms with E-state index in [9.17, 15) is 4.79 Å². The molecule has 0 aliphatic heterocycles. The van der Waals surface area contributed by atoms with E-state index >= 15 is 0 Å². The van der Waals surface area contributed by atoms with Crippen molar-refractivity contribution in [3.05, 3.63) is 105 Å². The first kappa shape index (κ1) is 22.8. The predicted octanol–water partition coefficient (Wildman–Crippen LogP) is 6.64. The zero-order valence-corrected chi connectivity index (χ0v) is 20.4. The van der Waals surface area contributed by atoms with Crippen molar-refractivity contribution in [1.29, 1.82) is 0 Å². The van der Waals surface area contributed by atoms with Crippen LogP contribution in [0.3, 0.4) is 0 Å². The fourth-order valence-electron chi connectivity index (χ4n) is 3.56. The van der Waals surface area contributed by atoms with E-state index in [-0.39, 0.29) is 5.91 Å². The smallest absolute Gasteiger partial charge is 0.271 e. The average molecular weight is 523 g/mol.